The summed E-state index contributed by atoms with van der Waals surface area (Å²) in [5.41, 5.74) is 3.59. The van der Waals surface area contributed by atoms with Gasteiger partial charge in [-0.15, -0.1) is 0 Å². The minimum atomic E-state index is -0.808. The summed E-state index contributed by atoms with van der Waals surface area (Å²) in [5.74, 6) is -1.60. The molecule has 0 spiro atoms. The third-order valence-electron chi connectivity index (χ3n) is 4.94. The first-order valence-corrected chi connectivity index (χ1v) is 9.33. The first kappa shape index (κ1) is 18.6. The van der Waals surface area contributed by atoms with Crippen LogP contribution in [0, 0.1) is 13.8 Å². The Labute approximate surface area is 169 Å². The number of amides is 1. The fourth-order valence-electron chi connectivity index (χ4n) is 3.76. The number of aliphatic hydroxyl groups is 1. The maximum absolute atomic E-state index is 13.1. The van der Waals surface area contributed by atoms with Crippen molar-refractivity contribution in [3.63, 3.8) is 0 Å². The number of rotatable bonds is 3. The molecule has 5 nitrogen and oxygen atoms in total. The van der Waals surface area contributed by atoms with Gasteiger partial charge >= 0.3 is 0 Å². The maximum Gasteiger partial charge on any atom is 0.300 e. The molecule has 3 aromatic rings. The van der Waals surface area contributed by atoms with Crippen LogP contribution in [0.1, 0.15) is 28.4 Å². The fraction of sp³-hybridized carbons (Fsp3) is 0.125. The van der Waals surface area contributed by atoms with Crippen LogP contribution in [0.4, 0.5) is 5.69 Å². The molecule has 1 aromatic heterocycles. The zero-order chi connectivity index (χ0) is 20.5. The summed E-state index contributed by atoms with van der Waals surface area (Å²) in [4.78, 5) is 31.9. The molecule has 0 radical (unpaired) electrons. The predicted molar refractivity (Wildman–Crippen MR) is 111 cm³/mol. The van der Waals surface area contributed by atoms with Gasteiger partial charge in [-0.05, 0) is 49.2 Å². The molecule has 5 heteroatoms. The number of anilines is 1. The minimum Gasteiger partial charge on any atom is -0.507 e. The van der Waals surface area contributed by atoms with E-state index in [0.29, 0.717) is 16.9 Å². The monoisotopic (exact) mass is 384 g/mol. The van der Waals surface area contributed by atoms with E-state index in [0.717, 1.165) is 11.1 Å². The van der Waals surface area contributed by atoms with E-state index in [1.807, 2.05) is 38.1 Å². The van der Waals surface area contributed by atoms with Crippen molar-refractivity contribution in [3.8, 4) is 0 Å². The van der Waals surface area contributed by atoms with Crippen molar-refractivity contribution in [2.45, 2.75) is 19.9 Å². The summed E-state index contributed by atoms with van der Waals surface area (Å²) in [6.07, 6.45) is 1.61. The molecule has 2 heterocycles. The lowest BCUT2D eigenvalue weighted by molar-refractivity contribution is -0.132. The van der Waals surface area contributed by atoms with Crippen LogP contribution in [0.2, 0.25) is 0 Å². The molecule has 1 N–H and O–H groups in total. The highest BCUT2D eigenvalue weighted by Crippen LogP contribution is 2.41. The second-order valence-electron chi connectivity index (χ2n) is 7.14. The molecule has 144 valence electrons. The van der Waals surface area contributed by atoms with Gasteiger partial charge in [0.05, 0.1) is 11.3 Å². The Morgan fingerprint density at radius 3 is 2.21 bits per heavy atom. The highest BCUT2D eigenvalue weighted by Gasteiger charge is 2.47. The molecule has 1 atom stereocenters. The Morgan fingerprint density at radius 1 is 0.931 bits per heavy atom. The first-order chi connectivity index (χ1) is 14.0. The van der Waals surface area contributed by atoms with Gasteiger partial charge in [0.1, 0.15) is 11.8 Å². The lowest BCUT2D eigenvalue weighted by Gasteiger charge is -2.25. The van der Waals surface area contributed by atoms with Crippen molar-refractivity contribution in [1.29, 1.82) is 0 Å². The molecule has 1 amide bonds. The molecule has 1 unspecified atom stereocenters. The third-order valence-corrected chi connectivity index (χ3v) is 4.94. The summed E-state index contributed by atoms with van der Waals surface area (Å²) in [6.45, 7) is 3.87. The van der Waals surface area contributed by atoms with Crippen LogP contribution >= 0.6 is 0 Å². The van der Waals surface area contributed by atoms with E-state index in [1.165, 1.54) is 4.90 Å². The predicted octanol–water partition coefficient (Wildman–Crippen LogP) is 4.32. The number of carbonyl (C=O) groups is 2. The second-order valence-corrected chi connectivity index (χ2v) is 7.14. The number of hydrogen-bond acceptors (Lipinski definition) is 4. The molecule has 29 heavy (non-hydrogen) atoms. The summed E-state index contributed by atoms with van der Waals surface area (Å²) >= 11 is 0. The number of Topliss-reactive ketones (excluding diaryl/α,β-unsaturated/α-hetero) is 1. The summed E-state index contributed by atoms with van der Waals surface area (Å²) < 4.78 is 0. The number of pyridine rings is 1. The Balaban J connectivity index is 1.97. The van der Waals surface area contributed by atoms with Crippen LogP contribution in [-0.2, 0) is 9.59 Å². The van der Waals surface area contributed by atoms with Gasteiger partial charge in [0, 0.05) is 17.4 Å². The first-order valence-electron chi connectivity index (χ1n) is 9.33. The molecule has 0 bridgehead atoms. The van der Waals surface area contributed by atoms with Crippen LogP contribution in [0.3, 0.4) is 0 Å². The van der Waals surface area contributed by atoms with Gasteiger partial charge in [0.15, 0.2) is 0 Å². The van der Waals surface area contributed by atoms with E-state index in [2.05, 4.69) is 4.98 Å². The van der Waals surface area contributed by atoms with E-state index in [1.54, 1.807) is 48.7 Å². The van der Waals surface area contributed by atoms with Crippen LogP contribution < -0.4 is 4.90 Å². The molecule has 1 aliphatic rings. The number of aromatic nitrogens is 1. The highest BCUT2D eigenvalue weighted by molar-refractivity contribution is 6.51. The average molecular weight is 384 g/mol. The summed E-state index contributed by atoms with van der Waals surface area (Å²) in [5, 5.41) is 11.0. The van der Waals surface area contributed by atoms with Gasteiger partial charge in [0.25, 0.3) is 11.7 Å². The number of nitrogens with zero attached hydrogens (tertiary/aromatic N) is 2. The van der Waals surface area contributed by atoms with Gasteiger partial charge in [-0.1, -0.05) is 42.5 Å². The maximum atomic E-state index is 13.1. The number of ketones is 1. The smallest absolute Gasteiger partial charge is 0.300 e. The average Bonchev–Trinajstić information content (AvgIpc) is 2.99. The van der Waals surface area contributed by atoms with E-state index in [-0.39, 0.29) is 11.3 Å². The molecular formula is C24H20N2O3. The van der Waals surface area contributed by atoms with Crippen molar-refractivity contribution in [2.24, 2.45) is 0 Å². The Bertz CT molecular complexity index is 1100. The molecule has 1 aliphatic heterocycles. The van der Waals surface area contributed by atoms with Crippen LogP contribution in [0.15, 0.2) is 78.5 Å². The van der Waals surface area contributed by atoms with E-state index >= 15 is 0 Å². The normalized spacial score (nSPS) is 18.3. The van der Waals surface area contributed by atoms with Crippen molar-refractivity contribution in [3.05, 3.63) is 101 Å². The summed E-state index contributed by atoms with van der Waals surface area (Å²) in [7, 11) is 0. The Morgan fingerprint density at radius 2 is 1.59 bits per heavy atom. The number of hydrogen-bond donors (Lipinski definition) is 1. The third kappa shape index (κ3) is 3.31. The topological polar surface area (TPSA) is 70.5 Å². The van der Waals surface area contributed by atoms with Crippen molar-refractivity contribution in [2.75, 3.05) is 4.90 Å². The van der Waals surface area contributed by atoms with Crippen molar-refractivity contribution < 1.29 is 14.7 Å². The lowest BCUT2D eigenvalue weighted by Crippen LogP contribution is -2.30. The fourth-order valence-corrected chi connectivity index (χ4v) is 3.76. The quantitative estimate of drug-likeness (QED) is 0.415. The molecule has 0 aliphatic carbocycles. The Hall–Kier alpha value is -3.73. The number of carbonyl (C=O) groups excluding carboxylic acids is 2. The van der Waals surface area contributed by atoms with Crippen LogP contribution in [0.5, 0.6) is 0 Å². The Kier molecular flexibility index (Phi) is 4.72. The summed E-state index contributed by atoms with van der Waals surface area (Å²) in [6, 6.07) is 19.0. The lowest BCUT2D eigenvalue weighted by atomic mass is 9.98. The number of aliphatic hydroxyl groups excluding tert-OH is 1. The molecule has 1 saturated heterocycles. The van der Waals surface area contributed by atoms with Gasteiger partial charge in [-0.2, -0.15) is 0 Å². The minimum absolute atomic E-state index is 0.0408. The zero-order valence-electron chi connectivity index (χ0n) is 16.2. The van der Waals surface area contributed by atoms with Crippen LogP contribution in [0.25, 0.3) is 5.76 Å². The molecule has 4 rings (SSSR count). The largest absolute Gasteiger partial charge is 0.507 e. The second kappa shape index (κ2) is 7.36. The van der Waals surface area contributed by atoms with Crippen LogP contribution in [-0.4, -0.2) is 21.8 Å². The SMILES string of the molecule is Cc1cc(C)cc(N2C(=O)C(=O)/C(=C(/O)c3ccccc3)C2c2ccccn2)c1. The van der Waals surface area contributed by atoms with Gasteiger partial charge < -0.3 is 5.11 Å². The number of benzene rings is 2. The van der Waals surface area contributed by atoms with E-state index in [9.17, 15) is 14.7 Å². The zero-order valence-corrected chi connectivity index (χ0v) is 16.2. The molecule has 1 fully saturated rings. The molecule has 0 saturated carbocycles. The van der Waals surface area contributed by atoms with E-state index in [4.69, 9.17) is 0 Å². The van der Waals surface area contributed by atoms with Crippen molar-refractivity contribution >= 4 is 23.1 Å². The van der Waals surface area contributed by atoms with Gasteiger partial charge in [0.2, 0.25) is 0 Å². The standard InChI is InChI=1S/C24H20N2O3/c1-15-12-16(2)14-18(13-15)26-21(19-10-6-7-11-25-19)20(23(28)24(26)29)22(27)17-8-4-3-5-9-17/h3-14,21,27H,1-2H3/b22-20+. The van der Waals surface area contributed by atoms with Gasteiger partial charge in [-0.3, -0.25) is 19.5 Å². The van der Waals surface area contributed by atoms with E-state index < -0.39 is 17.7 Å². The molecule has 2 aromatic carbocycles. The van der Waals surface area contributed by atoms with Crippen molar-refractivity contribution in [1.82, 2.24) is 4.98 Å². The number of aryl methyl sites for hydroxylation is 2. The molecular weight excluding hydrogens is 364 g/mol. The highest BCUT2D eigenvalue weighted by atomic mass is 16.3. The van der Waals surface area contributed by atoms with Gasteiger partial charge in [-0.25, -0.2) is 0 Å².